The monoisotopic (exact) mass is 491 g/mol. The summed E-state index contributed by atoms with van der Waals surface area (Å²) in [5.74, 6) is -0.500. The highest BCUT2D eigenvalue weighted by molar-refractivity contribution is 5.66. The molecule has 2 fully saturated rings. The van der Waals surface area contributed by atoms with Crippen molar-refractivity contribution in [3.05, 3.63) is 83.4 Å². The van der Waals surface area contributed by atoms with E-state index in [1.165, 1.54) is 30.4 Å². The van der Waals surface area contributed by atoms with Crippen LogP contribution in [0.2, 0.25) is 0 Å². The van der Waals surface area contributed by atoms with Gasteiger partial charge in [-0.1, -0.05) is 73.2 Å². The number of unbranched alkanes of at least 4 members (excludes halogenated alkanes) is 1. The molecule has 2 N–H and O–H groups in total. The van der Waals surface area contributed by atoms with Crippen molar-refractivity contribution in [2.24, 2.45) is 5.92 Å². The normalized spacial score (nSPS) is 24.9. The molecule has 4 rings (SSSR count). The van der Waals surface area contributed by atoms with Gasteiger partial charge < -0.3 is 14.9 Å². The molecule has 1 saturated carbocycles. The highest BCUT2D eigenvalue weighted by Gasteiger charge is 2.45. The van der Waals surface area contributed by atoms with Crippen LogP contribution < -0.4 is 0 Å². The number of aliphatic hydroxyl groups is 1. The Morgan fingerprint density at radius 1 is 0.944 bits per heavy atom. The summed E-state index contributed by atoms with van der Waals surface area (Å²) >= 11 is 0. The van der Waals surface area contributed by atoms with Gasteiger partial charge in [-0.15, -0.1) is 0 Å². The Bertz CT molecular complexity index is 952. The molecule has 4 unspecified atom stereocenters. The number of allylic oxidation sites excluding steroid dienone is 2. The van der Waals surface area contributed by atoms with Gasteiger partial charge in [0, 0.05) is 24.8 Å². The lowest BCUT2D eigenvalue weighted by Gasteiger charge is -2.37. The summed E-state index contributed by atoms with van der Waals surface area (Å²) in [6, 6.07) is 19.3. The van der Waals surface area contributed by atoms with Crippen LogP contribution in [0.4, 0.5) is 0 Å². The quantitative estimate of drug-likeness (QED) is 0.299. The number of carboxylic acid groups (broad SMARTS) is 1. The first-order valence-corrected chi connectivity index (χ1v) is 13.6. The maximum atomic E-state index is 11.0. The van der Waals surface area contributed by atoms with Crippen LogP contribution in [0.1, 0.15) is 68.1 Å². The Balaban J connectivity index is 1.35. The zero-order valence-electron chi connectivity index (χ0n) is 21.3. The predicted molar refractivity (Wildman–Crippen MR) is 143 cm³/mol. The third kappa shape index (κ3) is 7.76. The topological polar surface area (TPSA) is 70.0 Å². The first-order valence-electron chi connectivity index (χ1n) is 13.6. The first-order chi connectivity index (χ1) is 17.6. The van der Waals surface area contributed by atoms with E-state index in [0.29, 0.717) is 19.4 Å². The Kier molecular flexibility index (Phi) is 10.1. The van der Waals surface area contributed by atoms with Crippen molar-refractivity contribution in [2.75, 3.05) is 13.1 Å². The fraction of sp³-hybridized carbons (Fsp3) is 0.516. The van der Waals surface area contributed by atoms with E-state index in [1.807, 2.05) is 6.07 Å². The number of carboxylic acids is 1. The molecule has 0 amide bonds. The fourth-order valence-corrected chi connectivity index (χ4v) is 5.80. The Hall–Kier alpha value is -2.47. The first kappa shape index (κ1) is 26.6. The fourth-order valence-electron chi connectivity index (χ4n) is 5.80. The molecule has 0 spiro atoms. The molecule has 1 heterocycles. The number of hydrogen-bond donors (Lipinski definition) is 2. The predicted octanol–water partition coefficient (Wildman–Crippen LogP) is 5.60. The zero-order valence-corrected chi connectivity index (χ0v) is 21.3. The molecule has 0 bridgehead atoms. The lowest BCUT2D eigenvalue weighted by Crippen LogP contribution is -2.47. The van der Waals surface area contributed by atoms with E-state index in [4.69, 9.17) is 9.84 Å². The molecule has 1 aliphatic carbocycles. The van der Waals surface area contributed by atoms with E-state index in [9.17, 15) is 9.90 Å². The highest BCUT2D eigenvalue weighted by atomic mass is 16.5. The van der Waals surface area contributed by atoms with Crippen LogP contribution in [0.3, 0.4) is 0 Å². The zero-order chi connectivity index (χ0) is 25.2. The average Bonchev–Trinajstić information content (AvgIpc) is 3.21. The Morgan fingerprint density at radius 2 is 1.64 bits per heavy atom. The summed E-state index contributed by atoms with van der Waals surface area (Å²) in [5, 5.41) is 19.9. The van der Waals surface area contributed by atoms with Gasteiger partial charge in [-0.05, 0) is 68.3 Å². The molecule has 36 heavy (non-hydrogen) atoms. The molecule has 2 aromatic rings. The van der Waals surface area contributed by atoms with E-state index in [1.54, 1.807) is 0 Å². The van der Waals surface area contributed by atoms with Crippen molar-refractivity contribution >= 4 is 5.97 Å². The van der Waals surface area contributed by atoms with Crippen molar-refractivity contribution in [2.45, 2.75) is 82.6 Å². The molecule has 5 nitrogen and oxygen atoms in total. The minimum Gasteiger partial charge on any atom is -0.481 e. The third-order valence-electron chi connectivity index (χ3n) is 7.67. The molecule has 1 aliphatic heterocycles. The smallest absolute Gasteiger partial charge is 0.303 e. The minimum atomic E-state index is -0.742. The molecular weight excluding hydrogens is 450 g/mol. The lowest BCUT2D eigenvalue weighted by molar-refractivity contribution is -0.137. The van der Waals surface area contributed by atoms with Gasteiger partial charge in [0.25, 0.3) is 0 Å². The van der Waals surface area contributed by atoms with Gasteiger partial charge in [0.15, 0.2) is 0 Å². The van der Waals surface area contributed by atoms with Crippen LogP contribution >= 0.6 is 0 Å². The van der Waals surface area contributed by atoms with Crippen molar-refractivity contribution < 1.29 is 19.7 Å². The summed E-state index contributed by atoms with van der Waals surface area (Å²) in [4.78, 5) is 13.2. The van der Waals surface area contributed by atoms with Gasteiger partial charge in [-0.2, -0.15) is 0 Å². The second kappa shape index (κ2) is 13.7. The molecule has 5 heteroatoms. The number of hydrogen-bond acceptors (Lipinski definition) is 4. The van der Waals surface area contributed by atoms with Gasteiger partial charge in [0.05, 0.1) is 18.8 Å². The summed E-state index contributed by atoms with van der Waals surface area (Å²) in [6.07, 6.45) is 11.7. The van der Waals surface area contributed by atoms with E-state index >= 15 is 0 Å². The number of piperidine rings is 1. The molecular formula is C31H41NO4. The number of likely N-dealkylation sites (tertiary alicyclic amines) is 1. The van der Waals surface area contributed by atoms with Crippen LogP contribution in [-0.4, -0.2) is 52.4 Å². The molecule has 194 valence electrons. The van der Waals surface area contributed by atoms with E-state index in [0.717, 1.165) is 37.9 Å². The van der Waals surface area contributed by atoms with E-state index < -0.39 is 5.97 Å². The summed E-state index contributed by atoms with van der Waals surface area (Å²) in [5.41, 5.74) is 3.76. The van der Waals surface area contributed by atoms with Gasteiger partial charge in [0.1, 0.15) is 0 Å². The molecule has 2 aromatic carbocycles. The van der Waals surface area contributed by atoms with Crippen LogP contribution in [0.5, 0.6) is 0 Å². The van der Waals surface area contributed by atoms with E-state index in [2.05, 4.69) is 65.6 Å². The minimum absolute atomic E-state index is 0.0135. The molecule has 0 aromatic heterocycles. The maximum absolute atomic E-state index is 11.0. The van der Waals surface area contributed by atoms with Crippen molar-refractivity contribution in [1.29, 1.82) is 0 Å². The van der Waals surface area contributed by atoms with Crippen LogP contribution in [0.25, 0.3) is 0 Å². The summed E-state index contributed by atoms with van der Waals surface area (Å²) in [6.45, 7) is 2.65. The van der Waals surface area contributed by atoms with Gasteiger partial charge in [-0.25, -0.2) is 0 Å². The Morgan fingerprint density at radius 3 is 2.36 bits per heavy atom. The van der Waals surface area contributed by atoms with Gasteiger partial charge >= 0.3 is 5.97 Å². The summed E-state index contributed by atoms with van der Waals surface area (Å²) < 4.78 is 6.46. The number of nitrogens with zero attached hydrogens (tertiary/aromatic N) is 1. The number of ether oxygens (including phenoxy) is 1. The van der Waals surface area contributed by atoms with Crippen molar-refractivity contribution in [3.8, 4) is 0 Å². The molecule has 0 radical (unpaired) electrons. The number of carbonyl (C=O) groups is 1. The van der Waals surface area contributed by atoms with Gasteiger partial charge in [-0.3, -0.25) is 9.69 Å². The summed E-state index contributed by atoms with van der Waals surface area (Å²) in [7, 11) is 0. The molecule has 2 aliphatic rings. The number of aliphatic carboxylic acids is 1. The highest BCUT2D eigenvalue weighted by Crippen LogP contribution is 2.37. The lowest BCUT2D eigenvalue weighted by atomic mass is 9.93. The van der Waals surface area contributed by atoms with E-state index in [-0.39, 0.29) is 30.6 Å². The number of aliphatic hydroxyl groups excluding tert-OH is 1. The van der Waals surface area contributed by atoms with Crippen LogP contribution in [0, 0.1) is 5.92 Å². The largest absolute Gasteiger partial charge is 0.481 e. The second-order valence-corrected chi connectivity index (χ2v) is 10.4. The average molecular weight is 492 g/mol. The van der Waals surface area contributed by atoms with Gasteiger partial charge in [0.2, 0.25) is 0 Å². The van der Waals surface area contributed by atoms with Crippen molar-refractivity contribution in [3.63, 3.8) is 0 Å². The maximum Gasteiger partial charge on any atom is 0.303 e. The molecule has 1 saturated heterocycles. The Labute approximate surface area is 215 Å². The van der Waals surface area contributed by atoms with Crippen molar-refractivity contribution in [1.82, 2.24) is 4.90 Å². The standard InChI is InChI=1S/C31H41NO4/c33-28-22-29(36-23-26-17-15-25(16-18-26)21-24-11-5-3-6-12-24)27(13-7-1-2-8-14-30(34)35)31(28)32-19-9-4-10-20-32/h1,3,5-7,11-12,15-18,27-29,31,33H,2,4,8-10,13-14,19-23H2,(H,34,35). The number of benzene rings is 2. The second-order valence-electron chi connectivity index (χ2n) is 10.4. The third-order valence-corrected chi connectivity index (χ3v) is 7.67. The van der Waals surface area contributed by atoms with Crippen LogP contribution in [0.15, 0.2) is 66.7 Å². The van der Waals surface area contributed by atoms with Crippen LogP contribution in [-0.2, 0) is 22.6 Å². The SMILES string of the molecule is O=C(O)CCCC=CCC1C(OCc2ccc(Cc3ccccc3)cc2)CC(O)C1N1CCCCC1. The molecule has 4 atom stereocenters. The number of rotatable bonds is 12.